The molecule has 1 heterocycles. The summed E-state index contributed by atoms with van der Waals surface area (Å²) in [6.45, 7) is 10.0. The summed E-state index contributed by atoms with van der Waals surface area (Å²) in [5, 5.41) is 0. The number of rotatable bonds is 2. The first-order chi connectivity index (χ1) is 6.70. The quantitative estimate of drug-likeness (QED) is 0.758. The number of likely N-dealkylation sites (tertiary alicyclic amines) is 1. The highest BCUT2D eigenvalue weighted by Crippen LogP contribution is 2.29. The highest BCUT2D eigenvalue weighted by Gasteiger charge is 2.30. The van der Waals surface area contributed by atoms with E-state index in [1.807, 2.05) is 18.7 Å². The van der Waals surface area contributed by atoms with Gasteiger partial charge in [-0.3, -0.25) is 4.79 Å². The molecule has 1 rings (SSSR count). The second-order valence-corrected chi connectivity index (χ2v) is 6.25. The van der Waals surface area contributed by atoms with Crippen LogP contribution in [-0.2, 0) is 4.79 Å². The van der Waals surface area contributed by atoms with E-state index in [2.05, 4.69) is 13.8 Å². The molecule has 1 fully saturated rings. The summed E-state index contributed by atoms with van der Waals surface area (Å²) in [5.41, 5.74) is 5.74. The highest BCUT2D eigenvalue weighted by atomic mass is 16.2. The molecule has 0 unspecified atom stereocenters. The molecule has 88 valence electrons. The summed E-state index contributed by atoms with van der Waals surface area (Å²) >= 11 is 0. The van der Waals surface area contributed by atoms with E-state index < -0.39 is 5.54 Å². The van der Waals surface area contributed by atoms with Crippen LogP contribution < -0.4 is 5.73 Å². The zero-order valence-electron chi connectivity index (χ0n) is 10.5. The Morgan fingerprint density at radius 2 is 2.07 bits per heavy atom. The summed E-state index contributed by atoms with van der Waals surface area (Å²) in [4.78, 5) is 13.9. The molecule has 1 aliphatic rings. The molecule has 0 aromatic rings. The third-order valence-electron chi connectivity index (χ3n) is 2.86. The van der Waals surface area contributed by atoms with E-state index in [-0.39, 0.29) is 11.3 Å². The van der Waals surface area contributed by atoms with Gasteiger partial charge < -0.3 is 10.6 Å². The van der Waals surface area contributed by atoms with Crippen LogP contribution in [0.5, 0.6) is 0 Å². The largest absolute Gasteiger partial charge is 0.342 e. The van der Waals surface area contributed by atoms with Crippen molar-refractivity contribution >= 4 is 5.91 Å². The predicted octanol–water partition coefficient (Wildman–Crippen LogP) is 1.76. The SMILES string of the molecule is CC(C)(N)CC(=O)N1CCCC(C)(C)C1. The van der Waals surface area contributed by atoms with E-state index in [9.17, 15) is 4.79 Å². The van der Waals surface area contributed by atoms with Gasteiger partial charge in [-0.25, -0.2) is 0 Å². The van der Waals surface area contributed by atoms with Crippen LogP contribution in [0.4, 0.5) is 0 Å². The molecule has 3 nitrogen and oxygen atoms in total. The Bertz CT molecular complexity index is 240. The maximum Gasteiger partial charge on any atom is 0.224 e. The first-order valence-electron chi connectivity index (χ1n) is 5.76. The van der Waals surface area contributed by atoms with Gasteiger partial charge in [-0.05, 0) is 32.1 Å². The summed E-state index contributed by atoms with van der Waals surface area (Å²) in [7, 11) is 0. The Labute approximate surface area is 93.0 Å². The number of hydrogen-bond donors (Lipinski definition) is 1. The standard InChI is InChI=1S/C12H24N2O/c1-11(2)6-5-7-14(9-11)10(15)8-12(3,4)13/h5-9,13H2,1-4H3. The topological polar surface area (TPSA) is 46.3 Å². The van der Waals surface area contributed by atoms with E-state index in [1.165, 1.54) is 6.42 Å². The molecule has 0 bridgehead atoms. The van der Waals surface area contributed by atoms with Crippen molar-refractivity contribution < 1.29 is 4.79 Å². The van der Waals surface area contributed by atoms with Crippen molar-refractivity contribution in [2.24, 2.45) is 11.1 Å². The molecular formula is C12H24N2O. The summed E-state index contributed by atoms with van der Waals surface area (Å²) in [5.74, 6) is 0.204. The predicted molar refractivity (Wildman–Crippen MR) is 62.5 cm³/mol. The van der Waals surface area contributed by atoms with Crippen LogP contribution in [0, 0.1) is 5.41 Å². The van der Waals surface area contributed by atoms with Crippen molar-refractivity contribution in [3.63, 3.8) is 0 Å². The third kappa shape index (κ3) is 4.20. The van der Waals surface area contributed by atoms with Crippen LogP contribution in [0.25, 0.3) is 0 Å². The highest BCUT2D eigenvalue weighted by molar-refractivity contribution is 5.77. The Balaban J connectivity index is 2.53. The van der Waals surface area contributed by atoms with E-state index >= 15 is 0 Å². The zero-order chi connectivity index (χ0) is 11.7. The minimum atomic E-state index is -0.390. The molecular weight excluding hydrogens is 188 g/mol. The number of carbonyl (C=O) groups excluding carboxylic acids is 1. The Hall–Kier alpha value is -0.570. The minimum Gasteiger partial charge on any atom is -0.342 e. The van der Waals surface area contributed by atoms with Crippen LogP contribution in [0.3, 0.4) is 0 Å². The first kappa shape index (κ1) is 12.5. The second-order valence-electron chi connectivity index (χ2n) is 6.25. The van der Waals surface area contributed by atoms with Gasteiger partial charge in [0.25, 0.3) is 0 Å². The van der Waals surface area contributed by atoms with Crippen LogP contribution in [0.2, 0.25) is 0 Å². The minimum absolute atomic E-state index is 0.204. The molecule has 15 heavy (non-hydrogen) atoms. The molecule has 3 heteroatoms. The average Bonchev–Trinajstić information content (AvgIpc) is 1.99. The van der Waals surface area contributed by atoms with Crippen LogP contribution >= 0.6 is 0 Å². The zero-order valence-corrected chi connectivity index (χ0v) is 10.5. The van der Waals surface area contributed by atoms with Crippen molar-refractivity contribution in [3.05, 3.63) is 0 Å². The second kappa shape index (κ2) is 4.12. The number of nitrogens with two attached hydrogens (primary N) is 1. The fraction of sp³-hybridized carbons (Fsp3) is 0.917. The molecule has 0 aromatic heterocycles. The normalized spacial score (nSPS) is 21.5. The summed E-state index contributed by atoms with van der Waals surface area (Å²) < 4.78 is 0. The lowest BCUT2D eigenvalue weighted by molar-refractivity contribution is -0.135. The van der Waals surface area contributed by atoms with E-state index in [0.717, 1.165) is 19.5 Å². The molecule has 0 saturated carbocycles. The van der Waals surface area contributed by atoms with Crippen LogP contribution in [0.1, 0.15) is 47.0 Å². The van der Waals surface area contributed by atoms with Crippen LogP contribution in [-0.4, -0.2) is 29.4 Å². The third-order valence-corrected chi connectivity index (χ3v) is 2.86. The van der Waals surface area contributed by atoms with Crippen molar-refractivity contribution in [3.8, 4) is 0 Å². The number of amides is 1. The molecule has 0 radical (unpaired) electrons. The van der Waals surface area contributed by atoms with E-state index in [1.54, 1.807) is 0 Å². The lowest BCUT2D eigenvalue weighted by Crippen LogP contribution is -2.47. The molecule has 0 atom stereocenters. The van der Waals surface area contributed by atoms with Gasteiger partial charge >= 0.3 is 0 Å². The summed E-state index contributed by atoms with van der Waals surface area (Å²) in [6.07, 6.45) is 2.77. The van der Waals surface area contributed by atoms with Gasteiger partial charge in [-0.2, -0.15) is 0 Å². The molecule has 1 aliphatic heterocycles. The van der Waals surface area contributed by atoms with Gasteiger partial charge in [0.2, 0.25) is 5.91 Å². The number of hydrogen-bond acceptors (Lipinski definition) is 2. The van der Waals surface area contributed by atoms with E-state index in [4.69, 9.17) is 5.73 Å². The van der Waals surface area contributed by atoms with Crippen molar-refractivity contribution in [2.45, 2.75) is 52.5 Å². The molecule has 1 saturated heterocycles. The fourth-order valence-corrected chi connectivity index (χ4v) is 2.14. The van der Waals surface area contributed by atoms with Gasteiger partial charge in [0.1, 0.15) is 0 Å². The lowest BCUT2D eigenvalue weighted by atomic mass is 9.84. The van der Waals surface area contributed by atoms with Crippen LogP contribution in [0.15, 0.2) is 0 Å². The molecule has 0 aromatic carbocycles. The monoisotopic (exact) mass is 212 g/mol. The smallest absolute Gasteiger partial charge is 0.224 e. The van der Waals surface area contributed by atoms with Crippen molar-refractivity contribution in [1.82, 2.24) is 4.90 Å². The van der Waals surface area contributed by atoms with Gasteiger partial charge in [-0.15, -0.1) is 0 Å². The summed E-state index contributed by atoms with van der Waals surface area (Å²) in [6, 6.07) is 0. The molecule has 1 amide bonds. The van der Waals surface area contributed by atoms with Gasteiger partial charge in [0, 0.05) is 25.0 Å². The van der Waals surface area contributed by atoms with Gasteiger partial charge in [0.05, 0.1) is 0 Å². The molecule has 2 N–H and O–H groups in total. The lowest BCUT2D eigenvalue weighted by Gasteiger charge is -2.39. The Morgan fingerprint density at radius 1 is 1.47 bits per heavy atom. The number of nitrogens with zero attached hydrogens (tertiary/aromatic N) is 1. The first-order valence-corrected chi connectivity index (χ1v) is 5.76. The fourth-order valence-electron chi connectivity index (χ4n) is 2.14. The van der Waals surface area contributed by atoms with Crippen molar-refractivity contribution in [1.29, 1.82) is 0 Å². The maximum absolute atomic E-state index is 11.9. The molecule has 0 aliphatic carbocycles. The Morgan fingerprint density at radius 3 is 2.53 bits per heavy atom. The number of carbonyl (C=O) groups is 1. The Kier molecular flexibility index (Phi) is 3.44. The molecule has 0 spiro atoms. The van der Waals surface area contributed by atoms with Gasteiger partial charge in [0.15, 0.2) is 0 Å². The van der Waals surface area contributed by atoms with Gasteiger partial charge in [-0.1, -0.05) is 13.8 Å². The number of piperidine rings is 1. The average molecular weight is 212 g/mol. The van der Waals surface area contributed by atoms with E-state index in [0.29, 0.717) is 6.42 Å². The van der Waals surface area contributed by atoms with Crippen molar-refractivity contribution in [2.75, 3.05) is 13.1 Å². The maximum atomic E-state index is 11.9.